The molecule has 0 bridgehead atoms. The minimum atomic E-state index is -1.11. The predicted octanol–water partition coefficient (Wildman–Crippen LogP) is 3.43. The van der Waals surface area contributed by atoms with E-state index in [-0.39, 0.29) is 22.7 Å². The summed E-state index contributed by atoms with van der Waals surface area (Å²) in [6.07, 6.45) is 3.66. The molecule has 1 amide bonds. The van der Waals surface area contributed by atoms with Crippen molar-refractivity contribution >= 4 is 41.3 Å². The average Bonchev–Trinajstić information content (AvgIpc) is 3.05. The number of hydrogen-bond acceptors (Lipinski definition) is 4. The Morgan fingerprint density at radius 3 is 2.67 bits per heavy atom. The number of carbonyl (C=O) groups is 1. The number of halogens is 2. The van der Waals surface area contributed by atoms with Gasteiger partial charge in [-0.25, -0.2) is 4.98 Å². The Bertz CT molecular complexity index is 941. The Morgan fingerprint density at radius 1 is 1.22 bits per heavy atom. The summed E-state index contributed by atoms with van der Waals surface area (Å²) in [5.41, 5.74) is 2.45. The van der Waals surface area contributed by atoms with Crippen LogP contribution in [0.1, 0.15) is 37.7 Å². The quantitative estimate of drug-likeness (QED) is 0.575. The molecule has 8 heteroatoms. The normalized spacial score (nSPS) is 20.7. The van der Waals surface area contributed by atoms with Gasteiger partial charge in [0, 0.05) is 11.1 Å². The van der Waals surface area contributed by atoms with Crippen LogP contribution in [0.5, 0.6) is 0 Å². The number of aliphatic hydroxyl groups is 1. The van der Waals surface area contributed by atoms with E-state index < -0.39 is 6.23 Å². The van der Waals surface area contributed by atoms with Gasteiger partial charge in [-0.05, 0) is 23.8 Å². The number of amides is 1. The minimum absolute atomic E-state index is 0.166. The third-order valence-corrected chi connectivity index (χ3v) is 4.92. The lowest BCUT2D eigenvalue weighted by molar-refractivity contribution is -0.118. The highest BCUT2D eigenvalue weighted by Crippen LogP contribution is 2.28. The zero-order chi connectivity index (χ0) is 19.8. The number of H-pyrrole nitrogens is 1. The van der Waals surface area contributed by atoms with E-state index >= 15 is 0 Å². The number of hydrogen-bond donors (Lipinski definition) is 4. The molecule has 2 heterocycles. The van der Waals surface area contributed by atoms with Crippen molar-refractivity contribution in [1.82, 2.24) is 20.6 Å². The second kappa shape index (κ2) is 7.38. The van der Waals surface area contributed by atoms with Crippen LogP contribution in [-0.2, 0) is 10.2 Å². The maximum atomic E-state index is 12.5. The summed E-state index contributed by atoms with van der Waals surface area (Å²) in [6.45, 7) is 6.13. The van der Waals surface area contributed by atoms with Crippen LogP contribution in [0.25, 0.3) is 12.2 Å². The van der Waals surface area contributed by atoms with Crippen molar-refractivity contribution in [3.63, 3.8) is 0 Å². The van der Waals surface area contributed by atoms with Crippen LogP contribution in [-0.4, -0.2) is 27.2 Å². The van der Waals surface area contributed by atoms with E-state index in [1.165, 1.54) is 0 Å². The van der Waals surface area contributed by atoms with Crippen LogP contribution in [0.3, 0.4) is 0 Å². The highest BCUT2D eigenvalue weighted by molar-refractivity contribution is 6.42. The smallest absolute Gasteiger partial charge is 0.271 e. The van der Waals surface area contributed by atoms with Crippen LogP contribution in [0.2, 0.25) is 10.0 Å². The molecule has 4 N–H and O–H groups in total. The van der Waals surface area contributed by atoms with Crippen LogP contribution >= 0.6 is 23.2 Å². The van der Waals surface area contributed by atoms with E-state index in [1.54, 1.807) is 36.7 Å². The van der Waals surface area contributed by atoms with E-state index in [0.29, 0.717) is 21.3 Å². The maximum absolute atomic E-state index is 12.5. The van der Waals surface area contributed by atoms with Gasteiger partial charge in [-0.2, -0.15) is 0 Å². The second-order valence-electron chi connectivity index (χ2n) is 7.21. The van der Waals surface area contributed by atoms with E-state index in [0.717, 1.165) is 5.69 Å². The molecular formula is C19H20Cl2N4O2. The van der Waals surface area contributed by atoms with Gasteiger partial charge in [0.2, 0.25) is 0 Å². The summed E-state index contributed by atoms with van der Waals surface area (Å²) in [6, 6.07) is 5.14. The number of rotatable bonds is 2. The average molecular weight is 407 g/mol. The molecule has 1 fully saturated rings. The Balaban J connectivity index is 1.88. The van der Waals surface area contributed by atoms with Crippen molar-refractivity contribution < 1.29 is 9.90 Å². The summed E-state index contributed by atoms with van der Waals surface area (Å²) in [5.74, 6) is -0.382. The van der Waals surface area contributed by atoms with Crippen molar-refractivity contribution in [1.29, 1.82) is 0 Å². The number of aromatic amines is 1. The van der Waals surface area contributed by atoms with Gasteiger partial charge in [0.1, 0.15) is 5.70 Å². The van der Waals surface area contributed by atoms with Gasteiger partial charge in [-0.3, -0.25) is 4.79 Å². The van der Waals surface area contributed by atoms with E-state index in [4.69, 9.17) is 23.2 Å². The van der Waals surface area contributed by atoms with Crippen molar-refractivity contribution in [3.05, 3.63) is 62.9 Å². The predicted molar refractivity (Wildman–Crippen MR) is 107 cm³/mol. The molecule has 6 nitrogen and oxygen atoms in total. The van der Waals surface area contributed by atoms with Crippen LogP contribution in [0, 0.1) is 0 Å². The summed E-state index contributed by atoms with van der Waals surface area (Å²) < 4.78 is 0. The third-order valence-electron chi connectivity index (χ3n) is 4.08. The molecule has 1 saturated heterocycles. The van der Waals surface area contributed by atoms with Gasteiger partial charge in [0.05, 0.1) is 27.8 Å². The first-order valence-electron chi connectivity index (χ1n) is 8.34. The Morgan fingerprint density at radius 2 is 1.96 bits per heavy atom. The van der Waals surface area contributed by atoms with Gasteiger partial charge >= 0.3 is 0 Å². The zero-order valence-electron chi connectivity index (χ0n) is 15.1. The van der Waals surface area contributed by atoms with E-state index in [9.17, 15) is 9.90 Å². The molecule has 1 aromatic carbocycles. The summed E-state index contributed by atoms with van der Waals surface area (Å²) in [5, 5.41) is 16.6. The number of aliphatic hydroxyl groups excluding tert-OH is 1. The first kappa shape index (κ1) is 19.5. The summed E-state index contributed by atoms with van der Waals surface area (Å²) >= 11 is 12.2. The first-order valence-corrected chi connectivity index (χ1v) is 9.09. The van der Waals surface area contributed by atoms with Gasteiger partial charge < -0.3 is 20.7 Å². The van der Waals surface area contributed by atoms with Gasteiger partial charge in [0.15, 0.2) is 6.23 Å². The van der Waals surface area contributed by atoms with Gasteiger partial charge in [-0.15, -0.1) is 0 Å². The second-order valence-corrected chi connectivity index (χ2v) is 8.00. The highest BCUT2D eigenvalue weighted by Gasteiger charge is 2.27. The molecule has 1 unspecified atom stereocenters. The molecule has 1 atom stereocenters. The van der Waals surface area contributed by atoms with Gasteiger partial charge in [-0.1, -0.05) is 56.1 Å². The fourth-order valence-corrected chi connectivity index (χ4v) is 3.09. The molecule has 0 saturated carbocycles. The van der Waals surface area contributed by atoms with Crippen molar-refractivity contribution in [2.24, 2.45) is 0 Å². The van der Waals surface area contributed by atoms with E-state index in [2.05, 4.69) is 20.6 Å². The highest BCUT2D eigenvalue weighted by atomic mass is 35.5. The lowest BCUT2D eigenvalue weighted by atomic mass is 9.90. The maximum Gasteiger partial charge on any atom is 0.271 e. The lowest BCUT2D eigenvalue weighted by Crippen LogP contribution is -2.48. The fraction of sp³-hybridized carbons (Fsp3) is 0.263. The molecule has 0 radical (unpaired) electrons. The number of nitrogens with one attached hydrogen (secondary N) is 3. The Hall–Kier alpha value is -2.28. The number of piperazine rings is 1. The molecule has 3 rings (SSSR count). The number of nitrogens with zero attached hydrogens (tertiary/aromatic N) is 1. The minimum Gasteiger partial charge on any atom is -0.368 e. The number of benzene rings is 1. The number of carbonyl (C=O) groups excluding carboxylic acids is 1. The van der Waals surface area contributed by atoms with Crippen LogP contribution in [0.15, 0.2) is 35.9 Å². The third kappa shape index (κ3) is 4.18. The first-order chi connectivity index (χ1) is 12.7. The summed E-state index contributed by atoms with van der Waals surface area (Å²) in [7, 11) is 0. The largest absolute Gasteiger partial charge is 0.368 e. The molecule has 0 aliphatic carbocycles. The standard InChI is InChI=1S/C19H20Cl2N4O2/c1-19(2,3)16-12(22-9-23-16)8-14-18(27)24-13(17(26)25-14)7-10-5-4-6-11(20)15(10)21/h4-9,17,25-26H,1-3H3,(H,22,23)(H,24,27)/b13-7-,14-8-. The topological polar surface area (TPSA) is 90.0 Å². The monoisotopic (exact) mass is 406 g/mol. The van der Waals surface area contributed by atoms with Crippen molar-refractivity contribution in [2.75, 3.05) is 0 Å². The Labute approximate surface area is 167 Å². The molecule has 1 aliphatic rings. The van der Waals surface area contributed by atoms with Crippen molar-refractivity contribution in [3.8, 4) is 0 Å². The Kier molecular flexibility index (Phi) is 5.33. The fourth-order valence-electron chi connectivity index (χ4n) is 2.73. The summed E-state index contributed by atoms with van der Waals surface area (Å²) in [4.78, 5) is 19.9. The van der Waals surface area contributed by atoms with E-state index in [1.807, 2.05) is 20.8 Å². The van der Waals surface area contributed by atoms with Gasteiger partial charge in [0.25, 0.3) is 5.91 Å². The zero-order valence-corrected chi connectivity index (χ0v) is 16.6. The molecule has 1 aliphatic heterocycles. The molecule has 1 aromatic heterocycles. The van der Waals surface area contributed by atoms with Crippen LogP contribution in [0.4, 0.5) is 0 Å². The molecule has 27 heavy (non-hydrogen) atoms. The van der Waals surface area contributed by atoms with Crippen molar-refractivity contribution in [2.45, 2.75) is 32.4 Å². The molecule has 0 spiro atoms. The molecule has 142 valence electrons. The SMILES string of the molecule is CC(C)(C)c1[nH]cnc1/C=C1\NC(O)/C(=C/c2cccc(Cl)c2Cl)NC1=O. The lowest BCUT2D eigenvalue weighted by Gasteiger charge is -2.26. The molecule has 2 aromatic rings. The van der Waals surface area contributed by atoms with Crippen LogP contribution < -0.4 is 10.6 Å². The number of aromatic nitrogens is 2. The number of imidazole rings is 1. The molecular weight excluding hydrogens is 387 g/mol.